The Hall–Kier alpha value is -0.000000000000000167. The number of hydrogen-bond acceptors (Lipinski definition) is 5. The SMILES string of the molecule is Cc1sc(Br)cc1S(=O)(=O)NCCNS(C)(=O)=O. The van der Waals surface area contributed by atoms with Gasteiger partial charge in [0.25, 0.3) is 0 Å². The average Bonchev–Trinajstić information content (AvgIpc) is 2.52. The van der Waals surface area contributed by atoms with Gasteiger partial charge in [0.2, 0.25) is 20.0 Å². The van der Waals surface area contributed by atoms with E-state index in [1.807, 2.05) is 0 Å². The van der Waals surface area contributed by atoms with Crippen molar-refractivity contribution in [2.24, 2.45) is 0 Å². The van der Waals surface area contributed by atoms with Gasteiger partial charge < -0.3 is 0 Å². The van der Waals surface area contributed by atoms with Gasteiger partial charge in [-0.2, -0.15) is 0 Å². The maximum absolute atomic E-state index is 11.9. The molecule has 1 aromatic rings. The summed E-state index contributed by atoms with van der Waals surface area (Å²) in [5.74, 6) is 0. The number of halogens is 1. The van der Waals surface area contributed by atoms with Crippen LogP contribution in [0.15, 0.2) is 14.7 Å². The van der Waals surface area contributed by atoms with Crippen LogP contribution < -0.4 is 9.44 Å². The smallest absolute Gasteiger partial charge is 0.214 e. The summed E-state index contributed by atoms with van der Waals surface area (Å²) in [5.41, 5.74) is 0. The van der Waals surface area contributed by atoms with E-state index in [0.717, 1.165) is 10.0 Å². The van der Waals surface area contributed by atoms with Gasteiger partial charge in [-0.3, -0.25) is 0 Å². The Labute approximate surface area is 119 Å². The van der Waals surface area contributed by atoms with Crippen LogP contribution in [-0.2, 0) is 20.0 Å². The zero-order chi connectivity index (χ0) is 14.0. The van der Waals surface area contributed by atoms with E-state index in [-0.39, 0.29) is 18.0 Å². The Morgan fingerprint density at radius 2 is 1.78 bits per heavy atom. The molecule has 1 aromatic heterocycles. The molecule has 0 amide bonds. The van der Waals surface area contributed by atoms with Crippen LogP contribution in [0, 0.1) is 6.92 Å². The van der Waals surface area contributed by atoms with Crippen molar-refractivity contribution in [1.29, 1.82) is 0 Å². The molecule has 0 atom stereocenters. The molecule has 18 heavy (non-hydrogen) atoms. The van der Waals surface area contributed by atoms with Gasteiger partial charge in [0, 0.05) is 18.0 Å². The molecule has 6 nitrogen and oxygen atoms in total. The molecule has 10 heteroatoms. The molecule has 2 N–H and O–H groups in total. The fourth-order valence-electron chi connectivity index (χ4n) is 1.20. The van der Waals surface area contributed by atoms with Crippen LogP contribution >= 0.6 is 27.3 Å². The van der Waals surface area contributed by atoms with Crippen molar-refractivity contribution < 1.29 is 16.8 Å². The largest absolute Gasteiger partial charge is 0.241 e. The van der Waals surface area contributed by atoms with Crippen molar-refractivity contribution in [3.05, 3.63) is 14.7 Å². The number of aryl methyl sites for hydroxylation is 1. The molecule has 0 aromatic carbocycles. The predicted molar refractivity (Wildman–Crippen MR) is 74.8 cm³/mol. The standard InChI is InChI=1S/C8H13BrN2O4S3/c1-6-7(5-8(9)16-6)18(14,15)11-4-3-10-17(2,12)13/h5,10-11H,3-4H2,1-2H3. The van der Waals surface area contributed by atoms with E-state index < -0.39 is 20.0 Å². The molecule has 0 saturated carbocycles. The lowest BCUT2D eigenvalue weighted by atomic mass is 10.5. The summed E-state index contributed by atoms with van der Waals surface area (Å²) in [6.07, 6.45) is 1.02. The molecule has 1 heterocycles. The van der Waals surface area contributed by atoms with E-state index in [1.54, 1.807) is 6.92 Å². The van der Waals surface area contributed by atoms with E-state index in [9.17, 15) is 16.8 Å². The van der Waals surface area contributed by atoms with Gasteiger partial charge in [-0.05, 0) is 28.9 Å². The zero-order valence-electron chi connectivity index (χ0n) is 9.73. The first-order valence-electron chi connectivity index (χ1n) is 4.82. The van der Waals surface area contributed by atoms with Crippen LogP contribution in [0.25, 0.3) is 0 Å². The summed E-state index contributed by atoms with van der Waals surface area (Å²) >= 11 is 4.54. The Morgan fingerprint density at radius 1 is 1.22 bits per heavy atom. The maximum atomic E-state index is 11.9. The topological polar surface area (TPSA) is 92.3 Å². The lowest BCUT2D eigenvalue weighted by Gasteiger charge is -2.06. The van der Waals surface area contributed by atoms with Gasteiger partial charge in [0.1, 0.15) is 0 Å². The normalized spacial score (nSPS) is 12.8. The molecule has 0 fully saturated rings. The van der Waals surface area contributed by atoms with Gasteiger partial charge in [-0.1, -0.05) is 0 Å². The molecule has 0 aliphatic heterocycles. The Bertz CT molecular complexity index is 621. The Kier molecular flexibility index (Phi) is 5.32. The summed E-state index contributed by atoms with van der Waals surface area (Å²) in [6, 6.07) is 1.52. The van der Waals surface area contributed by atoms with Crippen molar-refractivity contribution >= 4 is 47.3 Å². The van der Waals surface area contributed by atoms with E-state index in [4.69, 9.17) is 0 Å². The van der Waals surface area contributed by atoms with Crippen molar-refractivity contribution in [2.75, 3.05) is 19.3 Å². The summed E-state index contributed by atoms with van der Waals surface area (Å²) < 4.78 is 50.6. The van der Waals surface area contributed by atoms with Crippen LogP contribution in [0.5, 0.6) is 0 Å². The van der Waals surface area contributed by atoms with Gasteiger partial charge in [0.15, 0.2) is 0 Å². The fourth-order valence-corrected chi connectivity index (χ4v) is 5.11. The molecule has 0 spiro atoms. The Balaban J connectivity index is 2.64. The van der Waals surface area contributed by atoms with Crippen molar-refractivity contribution in [1.82, 2.24) is 9.44 Å². The summed E-state index contributed by atoms with van der Waals surface area (Å²) in [5, 5.41) is 0. The van der Waals surface area contributed by atoms with E-state index in [0.29, 0.717) is 4.88 Å². The second-order valence-corrected chi connectivity index (χ2v) is 9.74. The summed E-state index contributed by atoms with van der Waals surface area (Å²) in [4.78, 5) is 0.879. The minimum Gasteiger partial charge on any atom is -0.214 e. The van der Waals surface area contributed by atoms with E-state index in [1.165, 1.54) is 17.4 Å². The van der Waals surface area contributed by atoms with Crippen LogP contribution in [-0.4, -0.2) is 36.2 Å². The third-order valence-corrected chi connectivity index (χ3v) is 5.91. The lowest BCUT2D eigenvalue weighted by molar-refractivity contribution is 0.573. The van der Waals surface area contributed by atoms with Crippen LogP contribution in [0.2, 0.25) is 0 Å². The highest BCUT2D eigenvalue weighted by Gasteiger charge is 2.18. The molecular formula is C8H13BrN2O4S3. The van der Waals surface area contributed by atoms with Gasteiger partial charge in [-0.25, -0.2) is 26.3 Å². The van der Waals surface area contributed by atoms with Crippen molar-refractivity contribution in [3.63, 3.8) is 0 Å². The molecule has 0 unspecified atom stereocenters. The number of hydrogen-bond donors (Lipinski definition) is 2. The van der Waals surface area contributed by atoms with Crippen LogP contribution in [0.3, 0.4) is 0 Å². The van der Waals surface area contributed by atoms with Crippen molar-refractivity contribution in [2.45, 2.75) is 11.8 Å². The number of sulfonamides is 2. The van der Waals surface area contributed by atoms with Crippen molar-refractivity contribution in [3.8, 4) is 0 Å². The second kappa shape index (κ2) is 5.97. The first-order valence-corrected chi connectivity index (χ1v) is 9.80. The first kappa shape index (κ1) is 16.1. The highest BCUT2D eigenvalue weighted by molar-refractivity contribution is 9.11. The number of nitrogens with one attached hydrogen (secondary N) is 2. The second-order valence-electron chi connectivity index (χ2n) is 3.54. The maximum Gasteiger partial charge on any atom is 0.241 e. The molecular weight excluding hydrogens is 364 g/mol. The van der Waals surface area contributed by atoms with E-state index >= 15 is 0 Å². The minimum absolute atomic E-state index is 0.00229. The Morgan fingerprint density at radius 3 is 2.22 bits per heavy atom. The zero-order valence-corrected chi connectivity index (χ0v) is 13.8. The van der Waals surface area contributed by atoms with Crippen LogP contribution in [0.4, 0.5) is 0 Å². The summed E-state index contributed by atoms with van der Waals surface area (Å²) in [6.45, 7) is 1.73. The number of rotatable bonds is 6. The molecule has 0 bridgehead atoms. The molecule has 0 radical (unpaired) electrons. The molecule has 0 aliphatic carbocycles. The molecule has 104 valence electrons. The first-order chi connectivity index (χ1) is 8.12. The highest BCUT2D eigenvalue weighted by Crippen LogP contribution is 2.29. The average molecular weight is 377 g/mol. The van der Waals surface area contributed by atoms with Crippen LogP contribution in [0.1, 0.15) is 4.88 Å². The third-order valence-electron chi connectivity index (χ3n) is 1.91. The molecule has 1 rings (SSSR count). The fraction of sp³-hybridized carbons (Fsp3) is 0.500. The van der Waals surface area contributed by atoms with E-state index in [2.05, 4.69) is 25.4 Å². The molecule has 0 aliphatic rings. The number of thiophene rings is 1. The minimum atomic E-state index is -3.59. The molecule has 0 saturated heterocycles. The predicted octanol–water partition coefficient (Wildman–Crippen LogP) is 0.647. The third kappa shape index (κ3) is 4.94. The quantitative estimate of drug-likeness (QED) is 0.712. The van der Waals surface area contributed by atoms with Gasteiger partial charge in [0.05, 0.1) is 14.9 Å². The van der Waals surface area contributed by atoms with Gasteiger partial charge in [-0.15, -0.1) is 11.3 Å². The van der Waals surface area contributed by atoms with Gasteiger partial charge >= 0.3 is 0 Å². The monoisotopic (exact) mass is 376 g/mol. The lowest BCUT2D eigenvalue weighted by Crippen LogP contribution is -2.34. The highest BCUT2D eigenvalue weighted by atomic mass is 79.9. The summed E-state index contributed by atoms with van der Waals surface area (Å²) in [7, 11) is -6.89.